The number of anilines is 1. The van der Waals surface area contributed by atoms with Crippen LogP contribution in [0.1, 0.15) is 35.6 Å². The number of fused-ring (bicyclic) bond motifs is 1. The van der Waals surface area contributed by atoms with Gasteiger partial charge in [0.15, 0.2) is 11.0 Å². The number of amides is 2. The van der Waals surface area contributed by atoms with E-state index in [2.05, 4.69) is 15.5 Å². The number of carbonyl (C=O) groups is 2. The Bertz CT molecular complexity index is 1740. The lowest BCUT2D eigenvalue weighted by Gasteiger charge is -2.18. The number of rotatable bonds is 11. The second-order valence-electron chi connectivity index (χ2n) is 9.72. The molecule has 3 aromatic carbocycles. The molecule has 13 heteroatoms. The number of benzene rings is 3. The van der Waals surface area contributed by atoms with E-state index in [1.54, 1.807) is 41.5 Å². The Balaban J connectivity index is 1.31. The van der Waals surface area contributed by atoms with Crippen LogP contribution in [0.5, 0.6) is 0 Å². The average Bonchev–Trinajstić information content (AvgIpc) is 3.63. The number of sulfonamides is 1. The molecule has 0 unspecified atom stereocenters. The van der Waals surface area contributed by atoms with E-state index in [1.807, 2.05) is 30.3 Å². The summed E-state index contributed by atoms with van der Waals surface area (Å²) >= 11 is 7.54. The molecule has 0 saturated heterocycles. The number of carbonyl (C=O) groups excluding carboxylic acids is 2. The molecule has 1 aliphatic rings. The van der Waals surface area contributed by atoms with E-state index in [9.17, 15) is 18.0 Å². The van der Waals surface area contributed by atoms with Crippen LogP contribution in [-0.4, -0.2) is 64.7 Å². The van der Waals surface area contributed by atoms with Crippen LogP contribution in [0.3, 0.4) is 0 Å². The van der Waals surface area contributed by atoms with Gasteiger partial charge in [-0.25, -0.2) is 8.42 Å². The fraction of sp³-hybridized carbons (Fsp3) is 0.267. The van der Waals surface area contributed by atoms with Crippen molar-refractivity contribution in [1.29, 1.82) is 0 Å². The zero-order valence-corrected chi connectivity index (χ0v) is 26.1. The van der Waals surface area contributed by atoms with Gasteiger partial charge >= 0.3 is 0 Å². The molecule has 224 valence electrons. The highest BCUT2D eigenvalue weighted by molar-refractivity contribution is 7.99. The number of thioether (sulfide) groups is 1. The molecular formula is C30H31ClN6O4S2. The summed E-state index contributed by atoms with van der Waals surface area (Å²) in [6.45, 7) is 4.94. The highest BCUT2D eigenvalue weighted by atomic mass is 35.5. The molecule has 0 saturated carbocycles. The Morgan fingerprint density at radius 3 is 2.47 bits per heavy atom. The molecule has 1 N–H and O–H groups in total. The Kier molecular flexibility index (Phi) is 9.50. The summed E-state index contributed by atoms with van der Waals surface area (Å²) in [6, 6.07) is 20.9. The fourth-order valence-electron chi connectivity index (χ4n) is 4.94. The summed E-state index contributed by atoms with van der Waals surface area (Å²) in [5, 5.41) is 12.5. The molecule has 43 heavy (non-hydrogen) atoms. The van der Waals surface area contributed by atoms with E-state index in [0.717, 1.165) is 17.7 Å². The largest absolute Gasteiger partial charge is 0.345 e. The maximum atomic E-state index is 13.1. The number of halogens is 1. The minimum absolute atomic E-state index is 0.0306. The molecule has 4 aromatic rings. The SMILES string of the molecule is CCN(CC)S(=O)(=O)c1ccc(C(=O)NCc2nnc(SCC(=O)N3CCc4ccccc43)n2-c2cccc(Cl)c2)cc1. The molecule has 10 nitrogen and oxygen atoms in total. The maximum Gasteiger partial charge on any atom is 0.251 e. The molecular weight excluding hydrogens is 608 g/mol. The predicted octanol–water partition coefficient (Wildman–Crippen LogP) is 4.56. The molecule has 5 rings (SSSR count). The van der Waals surface area contributed by atoms with Gasteiger partial charge in [0.1, 0.15) is 0 Å². The summed E-state index contributed by atoms with van der Waals surface area (Å²) in [6.07, 6.45) is 0.823. The van der Waals surface area contributed by atoms with Crippen LogP contribution in [0, 0.1) is 0 Å². The van der Waals surface area contributed by atoms with Crippen LogP contribution in [0.2, 0.25) is 5.02 Å². The second-order valence-corrected chi connectivity index (χ2v) is 13.0. The van der Waals surface area contributed by atoms with Gasteiger partial charge in [-0.2, -0.15) is 4.31 Å². The van der Waals surface area contributed by atoms with Gasteiger partial charge in [0.05, 0.1) is 22.9 Å². The number of aromatic nitrogens is 3. The Morgan fingerprint density at radius 1 is 1.00 bits per heavy atom. The van der Waals surface area contributed by atoms with E-state index in [-0.39, 0.29) is 23.1 Å². The molecule has 2 heterocycles. The first-order valence-corrected chi connectivity index (χ1v) is 16.6. The van der Waals surface area contributed by atoms with Gasteiger partial charge in [0, 0.05) is 35.9 Å². The van der Waals surface area contributed by atoms with Crippen LogP contribution in [0.25, 0.3) is 5.69 Å². The van der Waals surface area contributed by atoms with E-state index in [1.165, 1.54) is 40.3 Å². The van der Waals surface area contributed by atoms with Crippen molar-refractivity contribution >= 4 is 50.9 Å². The van der Waals surface area contributed by atoms with Crippen LogP contribution in [0.4, 0.5) is 5.69 Å². The van der Waals surface area contributed by atoms with E-state index < -0.39 is 15.9 Å². The average molecular weight is 639 g/mol. The third-order valence-corrected chi connectivity index (χ3v) is 10.4. The van der Waals surface area contributed by atoms with Gasteiger partial charge in [-0.1, -0.05) is 61.5 Å². The van der Waals surface area contributed by atoms with Crippen LogP contribution >= 0.6 is 23.4 Å². The molecule has 0 bridgehead atoms. The highest BCUT2D eigenvalue weighted by Gasteiger charge is 2.26. The maximum absolute atomic E-state index is 13.1. The summed E-state index contributed by atoms with van der Waals surface area (Å²) in [5.74, 6) is 0.168. The summed E-state index contributed by atoms with van der Waals surface area (Å²) in [5.41, 5.74) is 3.08. The van der Waals surface area contributed by atoms with Gasteiger partial charge in [-0.15, -0.1) is 10.2 Å². The van der Waals surface area contributed by atoms with E-state index in [4.69, 9.17) is 11.6 Å². The van der Waals surface area contributed by atoms with Gasteiger partial charge in [0.25, 0.3) is 5.91 Å². The standard InChI is InChI=1S/C30H31ClN6O4S2/c1-3-35(4-2)43(40,41)25-14-12-22(13-15-25)29(39)32-19-27-33-34-30(37(27)24-10-7-9-23(31)18-24)42-20-28(38)36-17-16-21-8-5-6-11-26(21)36/h5-15,18H,3-4,16-17,19-20H2,1-2H3,(H,32,39). The third-order valence-electron chi connectivity index (χ3n) is 7.15. The summed E-state index contributed by atoms with van der Waals surface area (Å²) < 4.78 is 28.7. The molecule has 0 fully saturated rings. The van der Waals surface area contributed by atoms with Crippen molar-refractivity contribution in [2.45, 2.75) is 36.9 Å². The minimum atomic E-state index is -3.63. The Labute approximate surface area is 260 Å². The van der Waals surface area contributed by atoms with Crippen molar-refractivity contribution in [2.75, 3.05) is 30.3 Å². The van der Waals surface area contributed by atoms with Gasteiger partial charge in [0.2, 0.25) is 15.9 Å². The van der Waals surface area contributed by atoms with Crippen molar-refractivity contribution in [3.8, 4) is 5.69 Å². The number of nitrogens with zero attached hydrogens (tertiary/aromatic N) is 5. The fourth-order valence-corrected chi connectivity index (χ4v) is 7.43. The lowest BCUT2D eigenvalue weighted by Crippen LogP contribution is -2.30. The highest BCUT2D eigenvalue weighted by Crippen LogP contribution is 2.30. The topological polar surface area (TPSA) is 118 Å². The first kappa shape index (κ1) is 30.7. The number of para-hydroxylation sites is 1. The van der Waals surface area contributed by atoms with Gasteiger partial charge in [-0.3, -0.25) is 14.2 Å². The van der Waals surface area contributed by atoms with E-state index in [0.29, 0.717) is 46.9 Å². The zero-order chi connectivity index (χ0) is 30.6. The number of hydrogen-bond donors (Lipinski definition) is 1. The number of hydrogen-bond acceptors (Lipinski definition) is 7. The quantitative estimate of drug-likeness (QED) is 0.239. The van der Waals surface area contributed by atoms with Crippen molar-refractivity contribution in [2.24, 2.45) is 0 Å². The minimum Gasteiger partial charge on any atom is -0.345 e. The van der Waals surface area contributed by atoms with Crippen molar-refractivity contribution in [3.63, 3.8) is 0 Å². The van der Waals surface area contributed by atoms with Crippen molar-refractivity contribution in [1.82, 2.24) is 24.4 Å². The summed E-state index contributed by atoms with van der Waals surface area (Å²) in [4.78, 5) is 28.1. The molecule has 0 spiro atoms. The lowest BCUT2D eigenvalue weighted by molar-refractivity contribution is -0.116. The van der Waals surface area contributed by atoms with Gasteiger partial charge in [-0.05, 0) is 60.5 Å². The second kappa shape index (κ2) is 13.3. The van der Waals surface area contributed by atoms with Gasteiger partial charge < -0.3 is 10.2 Å². The van der Waals surface area contributed by atoms with Crippen LogP contribution in [-0.2, 0) is 27.8 Å². The van der Waals surface area contributed by atoms with Crippen molar-refractivity contribution in [3.05, 3.63) is 94.8 Å². The summed E-state index contributed by atoms with van der Waals surface area (Å²) in [7, 11) is -3.63. The normalized spacial score (nSPS) is 12.9. The van der Waals surface area contributed by atoms with Crippen molar-refractivity contribution < 1.29 is 18.0 Å². The zero-order valence-electron chi connectivity index (χ0n) is 23.7. The molecule has 1 aliphatic heterocycles. The molecule has 0 aliphatic carbocycles. The molecule has 1 aromatic heterocycles. The first-order valence-electron chi connectivity index (χ1n) is 13.8. The first-order chi connectivity index (χ1) is 20.7. The van der Waals surface area contributed by atoms with E-state index >= 15 is 0 Å². The molecule has 0 atom stereocenters. The third kappa shape index (κ3) is 6.62. The molecule has 2 amide bonds. The van der Waals surface area contributed by atoms with Crippen LogP contribution < -0.4 is 10.2 Å². The Morgan fingerprint density at radius 2 is 1.74 bits per heavy atom. The predicted molar refractivity (Wildman–Crippen MR) is 167 cm³/mol. The number of nitrogens with one attached hydrogen (secondary N) is 1. The molecule has 0 radical (unpaired) electrons. The lowest BCUT2D eigenvalue weighted by atomic mass is 10.2. The van der Waals surface area contributed by atoms with Crippen LogP contribution in [0.15, 0.2) is 82.8 Å². The monoisotopic (exact) mass is 638 g/mol. The smallest absolute Gasteiger partial charge is 0.251 e. The Hall–Kier alpha value is -3.71.